The largest absolute Gasteiger partial charge is 0.379 e. The zero-order valence-electron chi connectivity index (χ0n) is 12.5. The molecule has 1 aliphatic rings. The van der Waals surface area contributed by atoms with Gasteiger partial charge >= 0.3 is 0 Å². The number of rotatable bonds is 5. The maximum absolute atomic E-state index is 13.5. The highest BCUT2D eigenvalue weighted by Crippen LogP contribution is 2.34. The Kier molecular flexibility index (Phi) is 5.27. The Morgan fingerprint density at radius 2 is 2.00 bits per heavy atom. The molecule has 0 amide bonds. The van der Waals surface area contributed by atoms with Crippen LogP contribution in [0.4, 0.5) is 8.78 Å². The van der Waals surface area contributed by atoms with Crippen LogP contribution in [-0.4, -0.2) is 36.7 Å². The first kappa shape index (κ1) is 16.3. The van der Waals surface area contributed by atoms with E-state index in [0.29, 0.717) is 18.8 Å². The first-order valence-electron chi connectivity index (χ1n) is 7.26. The number of hydrogen-bond acceptors (Lipinski definition) is 4. The first-order chi connectivity index (χ1) is 10.0. The van der Waals surface area contributed by atoms with Crippen LogP contribution in [-0.2, 0) is 4.74 Å². The summed E-state index contributed by atoms with van der Waals surface area (Å²) in [4.78, 5) is 2.29. The normalized spacial score (nSPS) is 21.0. The molecule has 0 aromatic heterocycles. The van der Waals surface area contributed by atoms with Crippen molar-refractivity contribution in [3.05, 3.63) is 35.4 Å². The van der Waals surface area contributed by atoms with Crippen molar-refractivity contribution in [2.45, 2.75) is 31.8 Å². The molecule has 2 unspecified atom stereocenters. The van der Waals surface area contributed by atoms with Gasteiger partial charge in [0.05, 0.1) is 19.3 Å². The van der Waals surface area contributed by atoms with Gasteiger partial charge in [-0.3, -0.25) is 16.2 Å². The third kappa shape index (κ3) is 3.23. The standard InChI is InChI=1S/C15H23F2N3O/c1-3-15(2,20-6-8-21-9-7-20)14(19-18)11-4-5-12(16)13(17)10-11/h4-5,10,14,19H,3,6-9,18H2,1-2H3. The summed E-state index contributed by atoms with van der Waals surface area (Å²) in [6.07, 6.45) is 0.820. The van der Waals surface area contributed by atoms with Crippen molar-refractivity contribution in [1.29, 1.82) is 0 Å². The topological polar surface area (TPSA) is 50.5 Å². The average molecular weight is 299 g/mol. The molecule has 1 fully saturated rings. The molecule has 118 valence electrons. The van der Waals surface area contributed by atoms with Gasteiger partial charge in [0, 0.05) is 18.6 Å². The molecule has 1 aromatic carbocycles. The fourth-order valence-corrected chi connectivity index (χ4v) is 3.01. The predicted molar refractivity (Wildman–Crippen MR) is 77.5 cm³/mol. The molecular formula is C15H23F2N3O. The van der Waals surface area contributed by atoms with Gasteiger partial charge in [-0.2, -0.15) is 0 Å². The zero-order valence-corrected chi connectivity index (χ0v) is 12.5. The average Bonchev–Trinajstić information content (AvgIpc) is 2.52. The van der Waals surface area contributed by atoms with E-state index in [-0.39, 0.29) is 11.6 Å². The van der Waals surface area contributed by atoms with Gasteiger partial charge in [0.15, 0.2) is 11.6 Å². The minimum atomic E-state index is -0.854. The summed E-state index contributed by atoms with van der Waals surface area (Å²) in [6.45, 7) is 7.09. The second kappa shape index (κ2) is 6.79. The molecular weight excluding hydrogens is 276 g/mol. The molecule has 3 N–H and O–H groups in total. The molecule has 21 heavy (non-hydrogen) atoms. The minimum Gasteiger partial charge on any atom is -0.379 e. The van der Waals surface area contributed by atoms with Crippen molar-refractivity contribution in [1.82, 2.24) is 10.3 Å². The van der Waals surface area contributed by atoms with Crippen LogP contribution in [0.5, 0.6) is 0 Å². The minimum absolute atomic E-state index is 0.296. The molecule has 0 radical (unpaired) electrons. The van der Waals surface area contributed by atoms with Gasteiger partial charge < -0.3 is 4.74 Å². The van der Waals surface area contributed by atoms with Crippen LogP contribution in [0.2, 0.25) is 0 Å². The van der Waals surface area contributed by atoms with Gasteiger partial charge in [-0.1, -0.05) is 13.0 Å². The highest BCUT2D eigenvalue weighted by molar-refractivity contribution is 5.25. The van der Waals surface area contributed by atoms with E-state index < -0.39 is 11.6 Å². The van der Waals surface area contributed by atoms with Crippen molar-refractivity contribution < 1.29 is 13.5 Å². The Labute approximate surface area is 124 Å². The highest BCUT2D eigenvalue weighted by atomic mass is 19.2. The fraction of sp³-hybridized carbons (Fsp3) is 0.600. The third-order valence-electron chi connectivity index (χ3n) is 4.51. The summed E-state index contributed by atoms with van der Waals surface area (Å²) in [5, 5.41) is 0. The van der Waals surface area contributed by atoms with E-state index in [1.165, 1.54) is 6.07 Å². The summed E-state index contributed by atoms with van der Waals surface area (Å²) < 4.78 is 32.1. The lowest BCUT2D eigenvalue weighted by Crippen LogP contribution is -2.58. The van der Waals surface area contributed by atoms with Gasteiger partial charge in [0.2, 0.25) is 0 Å². The maximum atomic E-state index is 13.5. The van der Waals surface area contributed by atoms with Crippen molar-refractivity contribution in [2.75, 3.05) is 26.3 Å². The van der Waals surface area contributed by atoms with Crippen molar-refractivity contribution >= 4 is 0 Å². The highest BCUT2D eigenvalue weighted by Gasteiger charge is 2.39. The molecule has 0 saturated carbocycles. The van der Waals surface area contributed by atoms with Crippen LogP contribution < -0.4 is 11.3 Å². The maximum Gasteiger partial charge on any atom is 0.159 e. The van der Waals surface area contributed by atoms with E-state index in [1.807, 2.05) is 0 Å². The van der Waals surface area contributed by atoms with Crippen LogP contribution >= 0.6 is 0 Å². The lowest BCUT2D eigenvalue weighted by atomic mass is 9.83. The van der Waals surface area contributed by atoms with Gasteiger partial charge in [-0.15, -0.1) is 0 Å². The Balaban J connectivity index is 2.33. The number of morpholine rings is 1. The summed E-state index contributed by atoms with van der Waals surface area (Å²) in [6, 6.07) is 3.64. The zero-order chi connectivity index (χ0) is 15.5. The quantitative estimate of drug-likeness (QED) is 0.645. The summed E-state index contributed by atoms with van der Waals surface area (Å²) in [5.41, 5.74) is 3.13. The van der Waals surface area contributed by atoms with Crippen LogP contribution in [0, 0.1) is 11.6 Å². The van der Waals surface area contributed by atoms with Crippen LogP contribution in [0.25, 0.3) is 0 Å². The predicted octanol–water partition coefficient (Wildman–Crippen LogP) is 1.97. The van der Waals surface area contributed by atoms with E-state index in [2.05, 4.69) is 24.2 Å². The lowest BCUT2D eigenvalue weighted by molar-refractivity contribution is -0.0329. The number of hydrazine groups is 1. The molecule has 0 aliphatic carbocycles. The van der Waals surface area contributed by atoms with E-state index in [4.69, 9.17) is 10.6 Å². The Morgan fingerprint density at radius 3 is 2.52 bits per heavy atom. The third-order valence-corrected chi connectivity index (χ3v) is 4.51. The van der Waals surface area contributed by atoms with Crippen LogP contribution in [0.1, 0.15) is 31.9 Å². The van der Waals surface area contributed by atoms with Crippen molar-refractivity contribution in [3.63, 3.8) is 0 Å². The molecule has 2 atom stereocenters. The summed E-state index contributed by atoms with van der Waals surface area (Å²) in [5.74, 6) is 4.04. The number of nitrogens with two attached hydrogens (primary N) is 1. The van der Waals surface area contributed by atoms with E-state index >= 15 is 0 Å². The number of nitrogens with zero attached hydrogens (tertiary/aromatic N) is 1. The molecule has 1 aliphatic heterocycles. The smallest absolute Gasteiger partial charge is 0.159 e. The lowest BCUT2D eigenvalue weighted by Gasteiger charge is -2.47. The van der Waals surface area contributed by atoms with Gasteiger partial charge in [-0.05, 0) is 31.0 Å². The second-order valence-corrected chi connectivity index (χ2v) is 5.58. The Morgan fingerprint density at radius 1 is 1.33 bits per heavy atom. The second-order valence-electron chi connectivity index (χ2n) is 5.58. The fourth-order valence-electron chi connectivity index (χ4n) is 3.01. The molecule has 1 saturated heterocycles. The molecule has 0 bridgehead atoms. The Bertz CT molecular complexity index is 480. The number of benzene rings is 1. The van der Waals surface area contributed by atoms with Crippen LogP contribution in [0.3, 0.4) is 0 Å². The number of halogens is 2. The molecule has 6 heteroatoms. The number of ether oxygens (including phenoxy) is 1. The van der Waals surface area contributed by atoms with Gasteiger partial charge in [-0.25, -0.2) is 8.78 Å². The molecule has 4 nitrogen and oxygen atoms in total. The van der Waals surface area contributed by atoms with Gasteiger partial charge in [0.25, 0.3) is 0 Å². The van der Waals surface area contributed by atoms with Crippen molar-refractivity contribution in [3.8, 4) is 0 Å². The first-order valence-corrected chi connectivity index (χ1v) is 7.26. The van der Waals surface area contributed by atoms with E-state index in [1.54, 1.807) is 6.07 Å². The SMILES string of the molecule is CCC(C)(C(NN)c1ccc(F)c(F)c1)N1CCOCC1. The molecule has 1 aromatic rings. The van der Waals surface area contributed by atoms with E-state index in [9.17, 15) is 8.78 Å². The van der Waals surface area contributed by atoms with E-state index in [0.717, 1.165) is 25.6 Å². The molecule has 0 spiro atoms. The number of hydrogen-bond donors (Lipinski definition) is 2. The molecule has 1 heterocycles. The van der Waals surface area contributed by atoms with Gasteiger partial charge in [0.1, 0.15) is 0 Å². The Hall–Kier alpha value is -1.08. The number of nitrogens with one attached hydrogen (secondary N) is 1. The summed E-state index contributed by atoms with van der Waals surface area (Å²) in [7, 11) is 0. The van der Waals surface area contributed by atoms with Crippen LogP contribution in [0.15, 0.2) is 18.2 Å². The molecule has 2 rings (SSSR count). The summed E-state index contributed by atoms with van der Waals surface area (Å²) >= 11 is 0. The monoisotopic (exact) mass is 299 g/mol. The van der Waals surface area contributed by atoms with Crippen molar-refractivity contribution in [2.24, 2.45) is 5.84 Å².